The number of fused-ring (bicyclic) bond motifs is 3. The molecular formula is C24H16ClN5O2. The standard InChI is InChI=1S/C24H16ClN5O2/c1-15-27-28-24-23(26-14-16-7-10-19(11-8-16)30(31)32)22(17-5-3-2-4-6-17)20-13-18(25)9-12-21(20)29(15)24/h2-14H,1H3. The van der Waals surface area contributed by atoms with E-state index in [4.69, 9.17) is 16.6 Å². The Morgan fingerprint density at radius 3 is 2.50 bits per heavy atom. The van der Waals surface area contributed by atoms with E-state index in [1.807, 2.05) is 59.9 Å². The predicted molar refractivity (Wildman–Crippen MR) is 126 cm³/mol. The van der Waals surface area contributed by atoms with Crippen molar-refractivity contribution in [2.24, 2.45) is 4.99 Å². The summed E-state index contributed by atoms with van der Waals surface area (Å²) in [5.41, 5.74) is 4.82. The fraction of sp³-hybridized carbons (Fsp3) is 0.0417. The molecular weight excluding hydrogens is 426 g/mol. The van der Waals surface area contributed by atoms with Gasteiger partial charge in [0.15, 0.2) is 5.65 Å². The van der Waals surface area contributed by atoms with Crippen LogP contribution in [0.3, 0.4) is 0 Å². The molecule has 0 saturated heterocycles. The topological polar surface area (TPSA) is 85.7 Å². The van der Waals surface area contributed by atoms with Crippen molar-refractivity contribution >= 4 is 45.7 Å². The number of nitro benzene ring substituents is 1. The monoisotopic (exact) mass is 441 g/mol. The van der Waals surface area contributed by atoms with Crippen LogP contribution in [0.4, 0.5) is 11.4 Å². The van der Waals surface area contributed by atoms with E-state index in [0.717, 1.165) is 33.4 Å². The molecule has 2 heterocycles. The van der Waals surface area contributed by atoms with Gasteiger partial charge in [-0.05, 0) is 48.4 Å². The maximum atomic E-state index is 10.9. The van der Waals surface area contributed by atoms with Gasteiger partial charge >= 0.3 is 0 Å². The summed E-state index contributed by atoms with van der Waals surface area (Å²) in [6.45, 7) is 1.89. The molecule has 0 bridgehead atoms. The van der Waals surface area contributed by atoms with Gasteiger partial charge in [0, 0.05) is 34.3 Å². The Morgan fingerprint density at radius 2 is 1.78 bits per heavy atom. The molecule has 5 aromatic rings. The average molecular weight is 442 g/mol. The Labute approximate surface area is 187 Å². The molecule has 156 valence electrons. The summed E-state index contributed by atoms with van der Waals surface area (Å²) < 4.78 is 1.96. The Bertz CT molecular complexity index is 1510. The highest BCUT2D eigenvalue weighted by molar-refractivity contribution is 6.31. The van der Waals surface area contributed by atoms with Gasteiger partial charge in [-0.15, -0.1) is 10.2 Å². The van der Waals surface area contributed by atoms with Crippen LogP contribution in [0.15, 0.2) is 77.8 Å². The van der Waals surface area contributed by atoms with Crippen LogP contribution < -0.4 is 0 Å². The van der Waals surface area contributed by atoms with Crippen LogP contribution >= 0.6 is 11.6 Å². The summed E-state index contributed by atoms with van der Waals surface area (Å²) in [6.07, 6.45) is 1.67. The van der Waals surface area contributed by atoms with Crippen LogP contribution in [0, 0.1) is 17.0 Å². The van der Waals surface area contributed by atoms with E-state index in [-0.39, 0.29) is 5.69 Å². The smallest absolute Gasteiger partial charge is 0.269 e. The Hall–Kier alpha value is -4.10. The van der Waals surface area contributed by atoms with Gasteiger partial charge in [-0.3, -0.25) is 19.5 Å². The third kappa shape index (κ3) is 3.38. The van der Waals surface area contributed by atoms with E-state index in [9.17, 15) is 10.1 Å². The molecule has 0 aliphatic carbocycles. The number of nitro groups is 1. The van der Waals surface area contributed by atoms with Gasteiger partial charge < -0.3 is 0 Å². The highest BCUT2D eigenvalue weighted by atomic mass is 35.5. The number of non-ortho nitro benzene ring substituents is 1. The maximum Gasteiger partial charge on any atom is 0.269 e. The quantitative estimate of drug-likeness (QED) is 0.189. The largest absolute Gasteiger partial charge is 0.277 e. The number of benzene rings is 3. The Balaban J connectivity index is 1.81. The van der Waals surface area contributed by atoms with Crippen molar-refractivity contribution < 1.29 is 4.92 Å². The van der Waals surface area contributed by atoms with Crippen molar-refractivity contribution in [2.75, 3.05) is 0 Å². The molecule has 0 atom stereocenters. The van der Waals surface area contributed by atoms with E-state index in [1.54, 1.807) is 18.3 Å². The molecule has 0 unspecified atom stereocenters. The molecule has 3 aromatic carbocycles. The fourth-order valence-electron chi connectivity index (χ4n) is 3.79. The molecule has 0 aliphatic rings. The highest BCUT2D eigenvalue weighted by Gasteiger charge is 2.19. The van der Waals surface area contributed by atoms with E-state index in [0.29, 0.717) is 16.4 Å². The van der Waals surface area contributed by atoms with E-state index < -0.39 is 4.92 Å². The number of halogens is 1. The minimum atomic E-state index is -0.427. The van der Waals surface area contributed by atoms with Crippen molar-refractivity contribution in [3.05, 3.63) is 99.3 Å². The molecule has 8 heteroatoms. The number of aliphatic imine (C=N–C) groups is 1. The van der Waals surface area contributed by atoms with Crippen molar-refractivity contribution in [1.82, 2.24) is 14.6 Å². The number of nitrogens with zero attached hydrogens (tertiary/aromatic N) is 5. The molecule has 0 N–H and O–H groups in total. The molecule has 0 radical (unpaired) electrons. The maximum absolute atomic E-state index is 10.9. The molecule has 0 spiro atoms. The molecule has 32 heavy (non-hydrogen) atoms. The summed E-state index contributed by atoms with van der Waals surface area (Å²) >= 11 is 6.37. The van der Waals surface area contributed by atoms with E-state index in [1.165, 1.54) is 12.1 Å². The van der Waals surface area contributed by atoms with Gasteiger partial charge in [0.25, 0.3) is 5.69 Å². The lowest BCUT2D eigenvalue weighted by Crippen LogP contribution is -1.96. The lowest BCUT2D eigenvalue weighted by Gasteiger charge is -2.14. The zero-order valence-corrected chi connectivity index (χ0v) is 17.7. The predicted octanol–water partition coefficient (Wildman–Crippen LogP) is 6.17. The van der Waals surface area contributed by atoms with Gasteiger partial charge in [0.1, 0.15) is 11.5 Å². The second-order valence-electron chi connectivity index (χ2n) is 7.26. The number of rotatable bonds is 4. The minimum absolute atomic E-state index is 0.0305. The molecule has 5 rings (SSSR count). The summed E-state index contributed by atoms with van der Waals surface area (Å²) in [5, 5.41) is 21.2. The first-order valence-corrected chi connectivity index (χ1v) is 10.2. The number of aryl methyl sites for hydroxylation is 1. The van der Waals surface area contributed by atoms with Crippen molar-refractivity contribution in [3.8, 4) is 11.1 Å². The summed E-state index contributed by atoms with van der Waals surface area (Å²) in [4.78, 5) is 15.3. The number of pyridine rings is 1. The van der Waals surface area contributed by atoms with Crippen LogP contribution in [0.25, 0.3) is 27.7 Å². The fourth-order valence-corrected chi connectivity index (χ4v) is 3.96. The van der Waals surface area contributed by atoms with Gasteiger partial charge in [-0.25, -0.2) is 0 Å². The second-order valence-corrected chi connectivity index (χ2v) is 7.70. The van der Waals surface area contributed by atoms with Gasteiger partial charge in [0.2, 0.25) is 0 Å². The van der Waals surface area contributed by atoms with Crippen molar-refractivity contribution in [3.63, 3.8) is 0 Å². The molecule has 0 saturated carbocycles. The average Bonchev–Trinajstić information content (AvgIpc) is 3.19. The van der Waals surface area contributed by atoms with E-state index >= 15 is 0 Å². The SMILES string of the molecule is Cc1nnc2c(N=Cc3ccc([N+](=O)[O-])cc3)c(-c3ccccc3)c3cc(Cl)ccc3n12. The molecule has 7 nitrogen and oxygen atoms in total. The lowest BCUT2D eigenvalue weighted by molar-refractivity contribution is -0.384. The number of hydrogen-bond acceptors (Lipinski definition) is 5. The third-order valence-electron chi connectivity index (χ3n) is 5.25. The molecule has 0 fully saturated rings. The number of aromatic nitrogens is 3. The van der Waals surface area contributed by atoms with Gasteiger partial charge in [-0.2, -0.15) is 0 Å². The highest BCUT2D eigenvalue weighted by Crippen LogP contribution is 2.41. The van der Waals surface area contributed by atoms with E-state index in [2.05, 4.69) is 10.2 Å². The van der Waals surface area contributed by atoms with Gasteiger partial charge in [0.05, 0.1) is 10.4 Å². The van der Waals surface area contributed by atoms with Crippen LogP contribution in [0.2, 0.25) is 5.02 Å². The van der Waals surface area contributed by atoms with Crippen molar-refractivity contribution in [1.29, 1.82) is 0 Å². The van der Waals surface area contributed by atoms with Crippen LogP contribution in [-0.4, -0.2) is 25.7 Å². The first-order valence-electron chi connectivity index (χ1n) is 9.84. The zero-order valence-electron chi connectivity index (χ0n) is 16.9. The first kappa shape index (κ1) is 19.8. The molecule has 0 aliphatic heterocycles. The molecule has 2 aromatic heterocycles. The van der Waals surface area contributed by atoms with Gasteiger partial charge in [-0.1, -0.05) is 41.9 Å². The summed E-state index contributed by atoms with van der Waals surface area (Å²) in [6, 6.07) is 21.9. The molecule has 0 amide bonds. The lowest BCUT2D eigenvalue weighted by atomic mass is 9.99. The Morgan fingerprint density at radius 1 is 1.03 bits per heavy atom. The third-order valence-corrected chi connectivity index (χ3v) is 5.49. The zero-order chi connectivity index (χ0) is 22.2. The van der Waals surface area contributed by atoms with Crippen LogP contribution in [0.1, 0.15) is 11.4 Å². The normalized spacial score (nSPS) is 11.6. The number of hydrogen-bond donors (Lipinski definition) is 0. The summed E-state index contributed by atoms with van der Waals surface area (Å²) in [7, 11) is 0. The van der Waals surface area contributed by atoms with Crippen LogP contribution in [0.5, 0.6) is 0 Å². The summed E-state index contributed by atoms with van der Waals surface area (Å²) in [5.74, 6) is 0.735. The second kappa shape index (κ2) is 7.86. The first-order chi connectivity index (χ1) is 15.5. The minimum Gasteiger partial charge on any atom is -0.277 e. The Kier molecular flexibility index (Phi) is 4.88. The van der Waals surface area contributed by atoms with Crippen molar-refractivity contribution in [2.45, 2.75) is 6.92 Å². The van der Waals surface area contributed by atoms with Crippen LogP contribution in [-0.2, 0) is 0 Å².